The van der Waals surface area contributed by atoms with Gasteiger partial charge in [0.2, 0.25) is 12.8 Å². The van der Waals surface area contributed by atoms with Crippen molar-refractivity contribution in [1.29, 1.82) is 0 Å². The lowest BCUT2D eigenvalue weighted by atomic mass is 10.3. The average Bonchev–Trinajstić information content (AvgIpc) is 3.00. The Morgan fingerprint density at radius 3 is 3.06 bits per heavy atom. The van der Waals surface area contributed by atoms with E-state index in [-0.39, 0.29) is 0 Å². The molecule has 0 fully saturated rings. The van der Waals surface area contributed by atoms with E-state index < -0.39 is 0 Å². The van der Waals surface area contributed by atoms with Crippen LogP contribution in [0.2, 0.25) is 0 Å². The molecule has 2 aliphatic heterocycles. The van der Waals surface area contributed by atoms with E-state index in [1.807, 2.05) is 0 Å². The molecule has 0 bridgehead atoms. The molecule has 4 nitrogen and oxygen atoms in total. The molecule has 0 radical (unpaired) electrons. The fourth-order valence-corrected chi connectivity index (χ4v) is 3.38. The minimum atomic E-state index is 0.382. The number of hydrogen-bond donors (Lipinski definition) is 0. The summed E-state index contributed by atoms with van der Waals surface area (Å²) in [6.07, 6.45) is 4.75. The molecule has 0 spiro atoms. The standard InChI is InChI=1S/C13H12N4/c1-9-15-7-6-14-8-16-10-4-2-3-5-11(10)17(9)13(16)12(14)15/h2-7,9H,8H2,1H3/q+2. The van der Waals surface area contributed by atoms with Crippen molar-refractivity contribution in [3.63, 3.8) is 0 Å². The number of nitrogens with zero attached hydrogens (tertiary/aromatic N) is 4. The van der Waals surface area contributed by atoms with E-state index in [1.54, 1.807) is 0 Å². The highest BCUT2D eigenvalue weighted by Gasteiger charge is 2.51. The fourth-order valence-electron chi connectivity index (χ4n) is 3.38. The lowest BCUT2D eigenvalue weighted by Gasteiger charge is -1.98. The van der Waals surface area contributed by atoms with Gasteiger partial charge in [-0.3, -0.25) is 0 Å². The monoisotopic (exact) mass is 224 g/mol. The molecule has 0 N–H and O–H groups in total. The number of aromatic nitrogens is 4. The molecule has 0 amide bonds. The van der Waals surface area contributed by atoms with E-state index in [0.717, 1.165) is 6.67 Å². The summed E-state index contributed by atoms with van der Waals surface area (Å²) >= 11 is 0. The quantitative estimate of drug-likeness (QED) is 0.395. The van der Waals surface area contributed by atoms with Gasteiger partial charge in [-0.05, 0) is 12.1 Å². The predicted octanol–water partition coefficient (Wildman–Crippen LogP) is 0.884. The van der Waals surface area contributed by atoms with E-state index in [9.17, 15) is 0 Å². The number of imidazole rings is 2. The van der Waals surface area contributed by atoms with Crippen LogP contribution in [-0.4, -0.2) is 9.13 Å². The lowest BCUT2D eigenvalue weighted by Crippen LogP contribution is -2.44. The maximum atomic E-state index is 2.44. The molecule has 4 heterocycles. The minimum absolute atomic E-state index is 0.382. The second kappa shape index (κ2) is 2.27. The van der Waals surface area contributed by atoms with Crippen LogP contribution in [0.4, 0.5) is 0 Å². The van der Waals surface area contributed by atoms with Gasteiger partial charge >= 0.3 is 11.6 Å². The summed E-state index contributed by atoms with van der Waals surface area (Å²) in [5.74, 6) is 2.69. The first kappa shape index (κ1) is 8.06. The van der Waals surface area contributed by atoms with Crippen LogP contribution in [0.15, 0.2) is 36.7 Å². The Morgan fingerprint density at radius 1 is 1.24 bits per heavy atom. The van der Waals surface area contributed by atoms with Gasteiger partial charge in [0.05, 0.1) is 0 Å². The summed E-state index contributed by atoms with van der Waals surface area (Å²) in [7, 11) is 0. The Morgan fingerprint density at radius 2 is 2.12 bits per heavy atom. The van der Waals surface area contributed by atoms with Crippen molar-refractivity contribution in [3.8, 4) is 11.6 Å². The number of hydrogen-bond acceptors (Lipinski definition) is 0. The van der Waals surface area contributed by atoms with E-state index in [2.05, 4.69) is 61.9 Å². The molecular weight excluding hydrogens is 212 g/mol. The summed E-state index contributed by atoms with van der Waals surface area (Å²) in [6.45, 7) is 3.20. The third-order valence-electron chi connectivity index (χ3n) is 4.11. The molecule has 0 saturated heterocycles. The van der Waals surface area contributed by atoms with Gasteiger partial charge in [-0.15, -0.1) is 0 Å². The third kappa shape index (κ3) is 0.678. The van der Waals surface area contributed by atoms with Crippen LogP contribution >= 0.6 is 0 Å². The zero-order valence-electron chi connectivity index (χ0n) is 9.54. The third-order valence-corrected chi connectivity index (χ3v) is 4.11. The van der Waals surface area contributed by atoms with Gasteiger partial charge in [-0.1, -0.05) is 12.1 Å². The molecule has 82 valence electrons. The van der Waals surface area contributed by atoms with Crippen LogP contribution in [-0.2, 0) is 6.67 Å². The van der Waals surface area contributed by atoms with Gasteiger partial charge < -0.3 is 0 Å². The Balaban J connectivity index is 2.09. The lowest BCUT2D eigenvalue weighted by molar-refractivity contribution is -0.865. The molecule has 0 aliphatic carbocycles. The second-order valence-electron chi connectivity index (χ2n) is 4.88. The van der Waals surface area contributed by atoms with Gasteiger partial charge in [0.15, 0.2) is 11.0 Å². The van der Waals surface area contributed by atoms with E-state index >= 15 is 0 Å². The molecule has 2 aromatic heterocycles. The van der Waals surface area contributed by atoms with Crippen LogP contribution < -0.4 is 9.13 Å². The smallest absolute Gasteiger partial charge is 0.185 e. The Kier molecular flexibility index (Phi) is 1.08. The maximum absolute atomic E-state index is 2.44. The van der Waals surface area contributed by atoms with E-state index in [0.29, 0.717) is 6.17 Å². The number of benzene rings is 1. The van der Waals surface area contributed by atoms with E-state index in [4.69, 9.17) is 0 Å². The SMILES string of the molecule is CC1n2cc[n+]3c2-c2n1c1ccccc1[n+]2C3. The van der Waals surface area contributed by atoms with E-state index in [1.165, 1.54) is 22.7 Å². The highest BCUT2D eigenvalue weighted by molar-refractivity contribution is 5.76. The van der Waals surface area contributed by atoms with Gasteiger partial charge in [0, 0.05) is 6.92 Å². The molecule has 1 atom stereocenters. The molecule has 5 rings (SSSR count). The fraction of sp³-hybridized carbons (Fsp3) is 0.231. The summed E-state index contributed by atoms with van der Waals surface area (Å²) in [6, 6.07) is 8.67. The van der Waals surface area contributed by atoms with Crippen molar-refractivity contribution in [3.05, 3.63) is 36.7 Å². The number of rotatable bonds is 0. The zero-order valence-corrected chi connectivity index (χ0v) is 9.54. The molecule has 4 heteroatoms. The zero-order chi connectivity index (χ0) is 11.1. The Labute approximate surface area is 98.0 Å². The second-order valence-corrected chi connectivity index (χ2v) is 4.88. The normalized spacial score (nSPS) is 19.2. The topological polar surface area (TPSA) is 17.6 Å². The predicted molar refractivity (Wildman–Crippen MR) is 61.3 cm³/mol. The molecule has 0 saturated carbocycles. The first-order valence-corrected chi connectivity index (χ1v) is 5.99. The summed E-state index contributed by atoms with van der Waals surface area (Å²) in [4.78, 5) is 0. The van der Waals surface area contributed by atoms with Crippen LogP contribution in [0.1, 0.15) is 13.1 Å². The van der Waals surface area contributed by atoms with Crippen molar-refractivity contribution in [2.45, 2.75) is 19.8 Å². The highest BCUT2D eigenvalue weighted by atomic mass is 15.4. The number of para-hydroxylation sites is 2. The molecule has 2 aliphatic rings. The first-order valence-electron chi connectivity index (χ1n) is 5.99. The average molecular weight is 224 g/mol. The Bertz CT molecular complexity index is 793. The van der Waals surface area contributed by atoms with Gasteiger partial charge in [0.25, 0.3) is 0 Å². The van der Waals surface area contributed by atoms with Crippen molar-refractivity contribution in [2.24, 2.45) is 0 Å². The van der Waals surface area contributed by atoms with Gasteiger partial charge in [-0.2, -0.15) is 18.3 Å². The summed E-state index contributed by atoms with van der Waals surface area (Å²) in [5, 5.41) is 0. The Hall–Kier alpha value is -2.10. The van der Waals surface area contributed by atoms with Crippen LogP contribution in [0.5, 0.6) is 0 Å². The molecule has 1 unspecified atom stereocenters. The molecule has 1 aromatic carbocycles. The van der Waals surface area contributed by atoms with Crippen LogP contribution in [0, 0.1) is 0 Å². The van der Waals surface area contributed by atoms with Crippen LogP contribution in [0.25, 0.3) is 22.7 Å². The van der Waals surface area contributed by atoms with Gasteiger partial charge in [-0.25, -0.2) is 0 Å². The van der Waals surface area contributed by atoms with Crippen molar-refractivity contribution >= 4 is 11.0 Å². The highest BCUT2D eigenvalue weighted by Crippen LogP contribution is 2.35. The first-order chi connectivity index (χ1) is 8.36. The maximum Gasteiger partial charge on any atom is 0.381 e. The summed E-state index contributed by atoms with van der Waals surface area (Å²) in [5.41, 5.74) is 2.68. The van der Waals surface area contributed by atoms with Crippen molar-refractivity contribution < 1.29 is 9.13 Å². The van der Waals surface area contributed by atoms with Gasteiger partial charge in [0.1, 0.15) is 12.4 Å². The summed E-state index contributed by atoms with van der Waals surface area (Å²) < 4.78 is 9.52. The van der Waals surface area contributed by atoms with Crippen LogP contribution in [0.3, 0.4) is 0 Å². The largest absolute Gasteiger partial charge is 0.381 e. The number of fused-ring (bicyclic) bond motifs is 3. The molecule has 17 heavy (non-hydrogen) atoms. The molecular formula is C13H12N4+2. The molecule has 3 aromatic rings. The minimum Gasteiger partial charge on any atom is -0.185 e. The van der Waals surface area contributed by atoms with Crippen molar-refractivity contribution in [2.75, 3.05) is 0 Å². The van der Waals surface area contributed by atoms with Crippen molar-refractivity contribution in [1.82, 2.24) is 9.13 Å².